The molecule has 0 radical (unpaired) electrons. The number of hydrogen-bond donors (Lipinski definition) is 0. The third kappa shape index (κ3) is 5.13. The van der Waals surface area contributed by atoms with Crippen molar-refractivity contribution < 1.29 is 9.59 Å². The Morgan fingerprint density at radius 2 is 1.91 bits per heavy atom. The molecule has 0 atom stereocenters. The van der Waals surface area contributed by atoms with E-state index < -0.39 is 0 Å². The molecule has 0 aromatic carbocycles. The molecule has 120 valence electrons. The molecule has 0 N–H and O–H groups in total. The number of rotatable bonds is 5. The highest BCUT2D eigenvalue weighted by Crippen LogP contribution is 2.11. The van der Waals surface area contributed by atoms with E-state index in [1.165, 1.54) is 12.8 Å². The molecule has 0 spiro atoms. The van der Waals surface area contributed by atoms with Gasteiger partial charge in [-0.25, -0.2) is 0 Å². The SMILES string of the molecule is CC(=O)N(CCC(=O)N1CCCCCC1)Cc1ccccn1. The fraction of sp³-hybridized carbons (Fsp3) is 0.588. The molecular formula is C17H25N3O2. The standard InChI is InChI=1S/C17H25N3O2/c1-15(21)20(14-16-8-4-5-10-18-16)13-9-17(22)19-11-6-2-3-7-12-19/h4-5,8,10H,2-3,6-7,9,11-14H2,1H3. The van der Waals surface area contributed by atoms with E-state index in [1.54, 1.807) is 18.0 Å². The maximum atomic E-state index is 12.3. The molecule has 5 heteroatoms. The first-order chi connectivity index (χ1) is 10.7. The van der Waals surface area contributed by atoms with Gasteiger partial charge in [-0.1, -0.05) is 18.9 Å². The van der Waals surface area contributed by atoms with E-state index in [0.717, 1.165) is 31.6 Å². The second kappa shape index (κ2) is 8.51. The lowest BCUT2D eigenvalue weighted by atomic mass is 10.2. The summed E-state index contributed by atoms with van der Waals surface area (Å²) in [6.45, 7) is 4.18. The minimum absolute atomic E-state index is 0.0191. The van der Waals surface area contributed by atoms with E-state index in [9.17, 15) is 9.59 Å². The van der Waals surface area contributed by atoms with Crippen LogP contribution in [0.3, 0.4) is 0 Å². The molecular weight excluding hydrogens is 278 g/mol. The van der Waals surface area contributed by atoms with Crippen LogP contribution in [0.4, 0.5) is 0 Å². The van der Waals surface area contributed by atoms with Crippen molar-refractivity contribution >= 4 is 11.8 Å². The molecule has 0 aliphatic carbocycles. The second-order valence-electron chi connectivity index (χ2n) is 5.81. The van der Waals surface area contributed by atoms with E-state index in [0.29, 0.717) is 19.5 Å². The molecule has 1 fully saturated rings. The van der Waals surface area contributed by atoms with E-state index >= 15 is 0 Å². The molecule has 0 bridgehead atoms. The van der Waals surface area contributed by atoms with Gasteiger partial charge in [0.2, 0.25) is 11.8 Å². The van der Waals surface area contributed by atoms with E-state index in [-0.39, 0.29) is 11.8 Å². The Kier molecular flexibility index (Phi) is 6.37. The van der Waals surface area contributed by atoms with Crippen LogP contribution in [-0.2, 0) is 16.1 Å². The molecule has 2 rings (SSSR count). The number of carbonyl (C=O) groups is 2. The summed E-state index contributed by atoms with van der Waals surface area (Å²) in [7, 11) is 0. The van der Waals surface area contributed by atoms with Crippen LogP contribution in [0.2, 0.25) is 0 Å². The highest BCUT2D eigenvalue weighted by atomic mass is 16.2. The molecule has 0 saturated carbocycles. The summed E-state index contributed by atoms with van der Waals surface area (Å²) in [5.41, 5.74) is 0.847. The van der Waals surface area contributed by atoms with Gasteiger partial charge in [0, 0.05) is 39.2 Å². The van der Waals surface area contributed by atoms with Crippen molar-refractivity contribution in [3.05, 3.63) is 30.1 Å². The van der Waals surface area contributed by atoms with Crippen LogP contribution >= 0.6 is 0 Å². The molecule has 5 nitrogen and oxygen atoms in total. The molecule has 2 heterocycles. The van der Waals surface area contributed by atoms with E-state index in [1.807, 2.05) is 23.1 Å². The van der Waals surface area contributed by atoms with Gasteiger partial charge in [0.15, 0.2) is 0 Å². The first-order valence-electron chi connectivity index (χ1n) is 8.10. The quantitative estimate of drug-likeness (QED) is 0.838. The van der Waals surface area contributed by atoms with E-state index in [4.69, 9.17) is 0 Å². The van der Waals surface area contributed by atoms with Crippen LogP contribution in [0.25, 0.3) is 0 Å². The summed E-state index contributed by atoms with van der Waals surface area (Å²) >= 11 is 0. The lowest BCUT2D eigenvalue weighted by Gasteiger charge is -2.24. The second-order valence-corrected chi connectivity index (χ2v) is 5.81. The monoisotopic (exact) mass is 303 g/mol. The fourth-order valence-electron chi connectivity index (χ4n) is 2.74. The maximum Gasteiger partial charge on any atom is 0.224 e. The highest BCUT2D eigenvalue weighted by Gasteiger charge is 2.18. The summed E-state index contributed by atoms with van der Waals surface area (Å²) in [5.74, 6) is 0.142. The summed E-state index contributed by atoms with van der Waals surface area (Å²) in [6, 6.07) is 5.65. The van der Waals surface area contributed by atoms with Crippen molar-refractivity contribution in [1.29, 1.82) is 0 Å². The van der Waals surface area contributed by atoms with Crippen LogP contribution in [0.5, 0.6) is 0 Å². The van der Waals surface area contributed by atoms with Crippen molar-refractivity contribution in [3.63, 3.8) is 0 Å². The minimum Gasteiger partial charge on any atom is -0.343 e. The van der Waals surface area contributed by atoms with Crippen LogP contribution in [0, 0.1) is 0 Å². The topological polar surface area (TPSA) is 53.5 Å². The number of hydrogen-bond acceptors (Lipinski definition) is 3. The predicted octanol–water partition coefficient (Wildman–Crippen LogP) is 2.22. The zero-order valence-corrected chi connectivity index (χ0v) is 13.3. The van der Waals surface area contributed by atoms with Gasteiger partial charge in [0.25, 0.3) is 0 Å². The molecule has 1 aromatic rings. The fourth-order valence-corrected chi connectivity index (χ4v) is 2.74. The zero-order chi connectivity index (χ0) is 15.8. The summed E-state index contributed by atoms with van der Waals surface area (Å²) in [4.78, 5) is 32.0. The summed E-state index contributed by atoms with van der Waals surface area (Å²) in [5, 5.41) is 0. The highest BCUT2D eigenvalue weighted by molar-refractivity contribution is 5.78. The average molecular weight is 303 g/mol. The lowest BCUT2D eigenvalue weighted by molar-refractivity contribution is -0.133. The Morgan fingerprint density at radius 1 is 1.18 bits per heavy atom. The van der Waals surface area contributed by atoms with Crippen LogP contribution in [0.15, 0.2) is 24.4 Å². The van der Waals surface area contributed by atoms with Gasteiger partial charge in [-0.3, -0.25) is 14.6 Å². The van der Waals surface area contributed by atoms with Crippen LogP contribution in [0.1, 0.15) is 44.7 Å². The predicted molar refractivity (Wildman–Crippen MR) is 85.0 cm³/mol. The Labute approximate surface area is 132 Å². The van der Waals surface area contributed by atoms with Crippen LogP contribution in [-0.4, -0.2) is 46.2 Å². The molecule has 1 saturated heterocycles. The zero-order valence-electron chi connectivity index (χ0n) is 13.3. The van der Waals surface area contributed by atoms with Crippen molar-refractivity contribution in [2.75, 3.05) is 19.6 Å². The van der Waals surface area contributed by atoms with Gasteiger partial charge in [-0.05, 0) is 25.0 Å². The number of pyridine rings is 1. The minimum atomic E-state index is -0.0191. The third-order valence-corrected chi connectivity index (χ3v) is 4.08. The maximum absolute atomic E-state index is 12.3. The Balaban J connectivity index is 1.85. The number of aromatic nitrogens is 1. The first kappa shape index (κ1) is 16.5. The molecule has 1 aromatic heterocycles. The molecule has 1 aliphatic heterocycles. The first-order valence-corrected chi connectivity index (χ1v) is 8.10. The van der Waals surface area contributed by atoms with Gasteiger partial charge in [-0.2, -0.15) is 0 Å². The number of carbonyl (C=O) groups excluding carboxylic acids is 2. The molecule has 0 unspecified atom stereocenters. The summed E-state index contributed by atoms with van der Waals surface area (Å²) in [6.07, 6.45) is 6.72. The smallest absolute Gasteiger partial charge is 0.224 e. The molecule has 22 heavy (non-hydrogen) atoms. The molecule has 2 amide bonds. The Morgan fingerprint density at radius 3 is 2.50 bits per heavy atom. The van der Waals surface area contributed by atoms with Gasteiger partial charge in [0.1, 0.15) is 0 Å². The lowest BCUT2D eigenvalue weighted by Crippen LogP contribution is -2.36. The normalized spacial score (nSPS) is 15.2. The van der Waals surface area contributed by atoms with E-state index in [2.05, 4.69) is 4.98 Å². The van der Waals surface area contributed by atoms with Crippen molar-refractivity contribution in [2.45, 2.75) is 45.6 Å². The Bertz CT molecular complexity index is 482. The van der Waals surface area contributed by atoms with Crippen molar-refractivity contribution in [2.24, 2.45) is 0 Å². The average Bonchev–Trinajstić information content (AvgIpc) is 2.81. The van der Waals surface area contributed by atoms with Crippen molar-refractivity contribution in [1.82, 2.24) is 14.8 Å². The number of likely N-dealkylation sites (tertiary alicyclic amines) is 1. The van der Waals surface area contributed by atoms with Gasteiger partial charge in [0.05, 0.1) is 12.2 Å². The van der Waals surface area contributed by atoms with Crippen LogP contribution < -0.4 is 0 Å². The number of nitrogens with zero attached hydrogens (tertiary/aromatic N) is 3. The molecule has 1 aliphatic rings. The Hall–Kier alpha value is -1.91. The number of amides is 2. The third-order valence-electron chi connectivity index (χ3n) is 4.08. The summed E-state index contributed by atoms with van der Waals surface area (Å²) < 4.78 is 0. The largest absolute Gasteiger partial charge is 0.343 e. The van der Waals surface area contributed by atoms with Gasteiger partial charge >= 0.3 is 0 Å². The van der Waals surface area contributed by atoms with Gasteiger partial charge in [-0.15, -0.1) is 0 Å². The van der Waals surface area contributed by atoms with Gasteiger partial charge < -0.3 is 9.80 Å². The van der Waals surface area contributed by atoms with Crippen molar-refractivity contribution in [3.8, 4) is 0 Å².